The molecule has 1 N–H and O–H groups in total. The Morgan fingerprint density at radius 3 is 2.43 bits per heavy atom. The lowest BCUT2D eigenvalue weighted by molar-refractivity contribution is -0.137. The van der Waals surface area contributed by atoms with Gasteiger partial charge >= 0.3 is 6.18 Å². The molecule has 0 unspecified atom stereocenters. The van der Waals surface area contributed by atoms with E-state index in [9.17, 15) is 26.4 Å². The number of carbonyl (C=O) groups excluding carboxylic acids is 1. The highest BCUT2D eigenvalue weighted by Gasteiger charge is 2.33. The molecule has 1 aliphatic rings. The zero-order valence-electron chi connectivity index (χ0n) is 16.4. The van der Waals surface area contributed by atoms with Gasteiger partial charge in [-0.25, -0.2) is 12.7 Å². The van der Waals surface area contributed by atoms with Crippen molar-refractivity contribution in [2.45, 2.75) is 31.7 Å². The Balaban J connectivity index is 1.65. The van der Waals surface area contributed by atoms with Crippen molar-refractivity contribution >= 4 is 21.6 Å². The van der Waals surface area contributed by atoms with Crippen molar-refractivity contribution in [3.8, 4) is 0 Å². The normalized spacial score (nSPS) is 18.2. The smallest absolute Gasteiger partial charge is 0.326 e. The second kappa shape index (κ2) is 8.77. The standard InChI is InChI=1S/C21H23F3N2O3S/c1-15-5-2-3-6-17(15)14-30(28,29)26-12-4-7-16(13-26)20(27)25-19-10-8-18(9-11-19)21(22,23)24/h2-3,5-6,8-11,16H,4,7,12-14H2,1H3,(H,25,27)/t16-/m1/s1. The second-order valence-corrected chi connectivity index (χ2v) is 9.41. The van der Waals surface area contributed by atoms with Gasteiger partial charge in [-0.2, -0.15) is 13.2 Å². The predicted octanol–water partition coefficient (Wildman–Crippen LogP) is 4.19. The van der Waals surface area contributed by atoms with Crippen molar-refractivity contribution in [2.24, 2.45) is 5.92 Å². The van der Waals surface area contributed by atoms with Gasteiger partial charge in [0.1, 0.15) is 0 Å². The number of piperidine rings is 1. The third kappa shape index (κ3) is 5.40. The Morgan fingerprint density at radius 1 is 1.13 bits per heavy atom. The fourth-order valence-electron chi connectivity index (χ4n) is 3.46. The summed E-state index contributed by atoms with van der Waals surface area (Å²) in [4.78, 5) is 12.6. The van der Waals surface area contributed by atoms with Gasteiger partial charge in [-0.1, -0.05) is 24.3 Å². The van der Waals surface area contributed by atoms with Crippen LogP contribution in [-0.4, -0.2) is 31.7 Å². The highest BCUT2D eigenvalue weighted by molar-refractivity contribution is 7.88. The van der Waals surface area contributed by atoms with Gasteiger partial charge in [0.2, 0.25) is 15.9 Å². The predicted molar refractivity (Wildman–Crippen MR) is 108 cm³/mol. The van der Waals surface area contributed by atoms with E-state index < -0.39 is 33.6 Å². The summed E-state index contributed by atoms with van der Waals surface area (Å²) in [7, 11) is -3.59. The Bertz CT molecular complexity index is 1000. The molecule has 2 aromatic rings. The van der Waals surface area contributed by atoms with Crippen molar-refractivity contribution in [3.63, 3.8) is 0 Å². The number of amides is 1. The molecular formula is C21H23F3N2O3S. The average molecular weight is 440 g/mol. The summed E-state index contributed by atoms with van der Waals surface area (Å²) in [6.07, 6.45) is -3.39. The van der Waals surface area contributed by atoms with Gasteiger partial charge in [-0.15, -0.1) is 0 Å². The lowest BCUT2D eigenvalue weighted by atomic mass is 9.98. The van der Waals surface area contributed by atoms with Gasteiger partial charge in [-0.05, 0) is 55.2 Å². The molecule has 5 nitrogen and oxygen atoms in total. The maximum Gasteiger partial charge on any atom is 0.416 e. The minimum absolute atomic E-state index is 0.0562. The minimum atomic E-state index is -4.45. The van der Waals surface area contributed by atoms with Gasteiger partial charge in [0.15, 0.2) is 0 Å². The monoisotopic (exact) mass is 440 g/mol. The number of hydrogen-bond donors (Lipinski definition) is 1. The minimum Gasteiger partial charge on any atom is -0.326 e. The molecule has 3 rings (SSSR count). The number of anilines is 1. The molecule has 1 saturated heterocycles. The van der Waals surface area contributed by atoms with Gasteiger partial charge in [0.05, 0.1) is 17.2 Å². The number of hydrogen-bond acceptors (Lipinski definition) is 3. The zero-order chi connectivity index (χ0) is 21.9. The maximum absolute atomic E-state index is 12.9. The van der Waals surface area contributed by atoms with Crippen molar-refractivity contribution in [1.29, 1.82) is 0 Å². The Labute approximate surface area is 173 Å². The van der Waals surface area contributed by atoms with Crippen LogP contribution < -0.4 is 5.32 Å². The first kappa shape index (κ1) is 22.3. The van der Waals surface area contributed by atoms with Crippen LogP contribution >= 0.6 is 0 Å². The lowest BCUT2D eigenvalue weighted by Gasteiger charge is -2.31. The van der Waals surface area contributed by atoms with E-state index in [1.807, 2.05) is 19.1 Å². The molecule has 0 aromatic heterocycles. The quantitative estimate of drug-likeness (QED) is 0.758. The molecule has 0 radical (unpaired) electrons. The lowest BCUT2D eigenvalue weighted by Crippen LogP contribution is -2.44. The third-order valence-electron chi connectivity index (χ3n) is 5.23. The first-order valence-corrected chi connectivity index (χ1v) is 11.2. The summed E-state index contributed by atoms with van der Waals surface area (Å²) in [5.41, 5.74) is 1.04. The first-order chi connectivity index (χ1) is 14.1. The van der Waals surface area contributed by atoms with E-state index in [2.05, 4.69) is 5.32 Å². The number of benzene rings is 2. The van der Waals surface area contributed by atoms with Crippen LogP contribution in [0, 0.1) is 12.8 Å². The number of aryl methyl sites for hydroxylation is 1. The molecule has 1 fully saturated rings. The van der Waals surface area contributed by atoms with Crippen LogP contribution in [0.5, 0.6) is 0 Å². The highest BCUT2D eigenvalue weighted by atomic mass is 32.2. The number of carbonyl (C=O) groups is 1. The first-order valence-electron chi connectivity index (χ1n) is 9.57. The van der Waals surface area contributed by atoms with Crippen LogP contribution in [0.4, 0.5) is 18.9 Å². The van der Waals surface area contributed by atoms with E-state index in [1.165, 1.54) is 16.4 Å². The van der Waals surface area contributed by atoms with Crippen LogP contribution in [0.25, 0.3) is 0 Å². The molecule has 0 spiro atoms. The molecule has 1 heterocycles. The van der Waals surface area contributed by atoms with Gasteiger partial charge in [0, 0.05) is 18.8 Å². The molecule has 1 amide bonds. The van der Waals surface area contributed by atoms with E-state index in [1.54, 1.807) is 12.1 Å². The van der Waals surface area contributed by atoms with E-state index in [0.717, 1.165) is 17.7 Å². The molecule has 30 heavy (non-hydrogen) atoms. The third-order valence-corrected chi connectivity index (χ3v) is 7.02. The largest absolute Gasteiger partial charge is 0.416 e. The fraction of sp³-hybridized carbons (Fsp3) is 0.381. The number of alkyl halides is 3. The van der Waals surface area contributed by atoms with Crippen LogP contribution in [-0.2, 0) is 26.7 Å². The van der Waals surface area contributed by atoms with Crippen LogP contribution in [0.2, 0.25) is 0 Å². The van der Waals surface area contributed by atoms with E-state index in [0.29, 0.717) is 24.9 Å². The molecule has 162 valence electrons. The van der Waals surface area contributed by atoms with Gasteiger partial charge < -0.3 is 5.32 Å². The molecule has 9 heteroatoms. The molecule has 2 aromatic carbocycles. The van der Waals surface area contributed by atoms with Gasteiger partial charge in [-0.3, -0.25) is 4.79 Å². The number of rotatable bonds is 5. The highest BCUT2D eigenvalue weighted by Crippen LogP contribution is 2.30. The summed E-state index contributed by atoms with van der Waals surface area (Å²) >= 11 is 0. The summed E-state index contributed by atoms with van der Waals surface area (Å²) in [5.74, 6) is -1.09. The van der Waals surface area contributed by atoms with E-state index in [-0.39, 0.29) is 18.0 Å². The average Bonchev–Trinajstić information content (AvgIpc) is 2.69. The maximum atomic E-state index is 12.9. The Hall–Kier alpha value is -2.39. The van der Waals surface area contributed by atoms with Crippen molar-refractivity contribution in [2.75, 3.05) is 18.4 Å². The number of nitrogens with zero attached hydrogens (tertiary/aromatic N) is 1. The van der Waals surface area contributed by atoms with Crippen LogP contribution in [0.15, 0.2) is 48.5 Å². The number of sulfonamides is 1. The van der Waals surface area contributed by atoms with Gasteiger partial charge in [0.25, 0.3) is 0 Å². The SMILES string of the molecule is Cc1ccccc1CS(=O)(=O)N1CCC[C@@H](C(=O)Nc2ccc(C(F)(F)F)cc2)C1. The van der Waals surface area contributed by atoms with Crippen LogP contribution in [0.3, 0.4) is 0 Å². The van der Waals surface area contributed by atoms with Crippen LogP contribution in [0.1, 0.15) is 29.5 Å². The second-order valence-electron chi connectivity index (χ2n) is 7.44. The summed E-state index contributed by atoms with van der Waals surface area (Å²) in [6, 6.07) is 11.4. The molecule has 0 saturated carbocycles. The van der Waals surface area contributed by atoms with Crippen molar-refractivity contribution in [1.82, 2.24) is 4.31 Å². The molecule has 1 atom stereocenters. The zero-order valence-corrected chi connectivity index (χ0v) is 17.3. The summed E-state index contributed by atoms with van der Waals surface area (Å²) in [6.45, 7) is 2.25. The molecule has 1 aliphatic heterocycles. The van der Waals surface area contributed by atoms with Crippen molar-refractivity contribution in [3.05, 3.63) is 65.2 Å². The summed E-state index contributed by atoms with van der Waals surface area (Å²) in [5, 5.41) is 2.59. The molecular weight excluding hydrogens is 417 g/mol. The van der Waals surface area contributed by atoms with Crippen molar-refractivity contribution < 1.29 is 26.4 Å². The van der Waals surface area contributed by atoms with E-state index >= 15 is 0 Å². The Morgan fingerprint density at radius 2 is 1.80 bits per heavy atom. The number of nitrogens with one attached hydrogen (secondary N) is 1. The fourth-order valence-corrected chi connectivity index (χ4v) is 5.17. The van der Waals surface area contributed by atoms with E-state index in [4.69, 9.17) is 0 Å². The topological polar surface area (TPSA) is 66.5 Å². The molecule has 0 bridgehead atoms. The summed E-state index contributed by atoms with van der Waals surface area (Å²) < 4.78 is 65.0. The number of halogens is 3. The molecule has 0 aliphatic carbocycles. The Kier molecular flexibility index (Phi) is 6.52.